The van der Waals surface area contributed by atoms with Crippen molar-refractivity contribution in [1.29, 1.82) is 0 Å². The van der Waals surface area contributed by atoms with Gasteiger partial charge in [0.2, 0.25) is 0 Å². The van der Waals surface area contributed by atoms with Gasteiger partial charge in [-0.05, 0) is 43.2 Å². The minimum Gasteiger partial charge on any atom is -0.368 e. The largest absolute Gasteiger partial charge is 0.368 e. The van der Waals surface area contributed by atoms with Gasteiger partial charge in [-0.15, -0.1) is 12.4 Å². The van der Waals surface area contributed by atoms with Gasteiger partial charge in [-0.25, -0.2) is 0 Å². The summed E-state index contributed by atoms with van der Waals surface area (Å²) in [5, 5.41) is 3.42. The lowest BCUT2D eigenvalue weighted by Crippen LogP contribution is -2.43. The van der Waals surface area contributed by atoms with Crippen molar-refractivity contribution >= 4 is 29.9 Å². The SMILES string of the molecule is Cc1cccc(Sc2ccccc2N2CCNCC2)c1C.Cl. The topological polar surface area (TPSA) is 15.3 Å². The number of piperazine rings is 1. The summed E-state index contributed by atoms with van der Waals surface area (Å²) in [4.78, 5) is 5.20. The summed E-state index contributed by atoms with van der Waals surface area (Å²) < 4.78 is 0. The number of nitrogens with one attached hydrogen (secondary N) is 1. The zero-order valence-corrected chi connectivity index (χ0v) is 14.8. The van der Waals surface area contributed by atoms with Gasteiger partial charge in [-0.2, -0.15) is 0 Å². The second-order valence-corrected chi connectivity index (χ2v) is 6.59. The summed E-state index contributed by atoms with van der Waals surface area (Å²) in [6.45, 7) is 8.71. The molecule has 3 rings (SSSR count). The first-order valence-electron chi connectivity index (χ1n) is 7.54. The van der Waals surface area contributed by atoms with Crippen molar-refractivity contribution in [3.05, 3.63) is 53.6 Å². The Labute approximate surface area is 143 Å². The normalized spacial score (nSPS) is 14.5. The van der Waals surface area contributed by atoms with Gasteiger partial charge in [0.25, 0.3) is 0 Å². The molecule has 0 unspecified atom stereocenters. The van der Waals surface area contributed by atoms with E-state index in [0.29, 0.717) is 0 Å². The maximum absolute atomic E-state index is 3.42. The van der Waals surface area contributed by atoms with Crippen LogP contribution in [0.15, 0.2) is 52.3 Å². The average molecular weight is 335 g/mol. The zero-order valence-electron chi connectivity index (χ0n) is 13.1. The number of hydrogen-bond acceptors (Lipinski definition) is 3. The van der Waals surface area contributed by atoms with Crippen LogP contribution in [0.3, 0.4) is 0 Å². The predicted molar refractivity (Wildman–Crippen MR) is 98.8 cm³/mol. The maximum atomic E-state index is 3.42. The third-order valence-electron chi connectivity index (χ3n) is 4.10. The highest BCUT2D eigenvalue weighted by atomic mass is 35.5. The Morgan fingerprint density at radius 2 is 1.59 bits per heavy atom. The molecule has 2 aromatic carbocycles. The van der Waals surface area contributed by atoms with Gasteiger partial charge in [0, 0.05) is 36.0 Å². The van der Waals surface area contributed by atoms with Crippen LogP contribution < -0.4 is 10.2 Å². The van der Waals surface area contributed by atoms with Gasteiger partial charge in [0.1, 0.15) is 0 Å². The fourth-order valence-corrected chi connectivity index (χ4v) is 3.81. The van der Waals surface area contributed by atoms with Crippen LogP contribution in [-0.2, 0) is 0 Å². The quantitative estimate of drug-likeness (QED) is 0.901. The summed E-state index contributed by atoms with van der Waals surface area (Å²) >= 11 is 1.89. The van der Waals surface area contributed by atoms with Gasteiger partial charge < -0.3 is 10.2 Å². The second kappa shape index (κ2) is 7.91. The molecule has 1 saturated heterocycles. The Morgan fingerprint density at radius 1 is 0.909 bits per heavy atom. The van der Waals surface area contributed by atoms with Gasteiger partial charge in [0.15, 0.2) is 0 Å². The first-order chi connectivity index (χ1) is 10.3. The predicted octanol–water partition coefficient (Wildman–Crippen LogP) is 4.29. The molecule has 0 aliphatic carbocycles. The van der Waals surface area contributed by atoms with Crippen LogP contribution in [0.1, 0.15) is 11.1 Å². The number of rotatable bonds is 3. The minimum absolute atomic E-state index is 0. The summed E-state index contributed by atoms with van der Waals surface area (Å²) in [5.74, 6) is 0. The molecule has 0 radical (unpaired) electrons. The van der Waals surface area contributed by atoms with E-state index in [4.69, 9.17) is 0 Å². The summed E-state index contributed by atoms with van der Waals surface area (Å²) in [5.41, 5.74) is 4.11. The molecular formula is C18H23ClN2S. The molecule has 1 N–H and O–H groups in total. The third kappa shape index (κ3) is 3.78. The highest BCUT2D eigenvalue weighted by Crippen LogP contribution is 2.37. The van der Waals surface area contributed by atoms with Crippen molar-refractivity contribution in [3.63, 3.8) is 0 Å². The lowest BCUT2D eigenvalue weighted by atomic mass is 10.1. The van der Waals surface area contributed by atoms with Crippen LogP contribution in [0.25, 0.3) is 0 Å². The molecule has 1 fully saturated rings. The fourth-order valence-electron chi connectivity index (χ4n) is 2.66. The number of benzene rings is 2. The highest BCUT2D eigenvalue weighted by molar-refractivity contribution is 7.99. The molecule has 4 heteroatoms. The lowest BCUT2D eigenvalue weighted by Gasteiger charge is -2.31. The number of aryl methyl sites for hydroxylation is 1. The monoisotopic (exact) mass is 334 g/mol. The summed E-state index contributed by atoms with van der Waals surface area (Å²) in [6.07, 6.45) is 0. The van der Waals surface area contributed by atoms with Gasteiger partial charge in [0.05, 0.1) is 5.69 Å². The van der Waals surface area contributed by atoms with Crippen LogP contribution in [0.4, 0.5) is 5.69 Å². The van der Waals surface area contributed by atoms with Crippen LogP contribution in [-0.4, -0.2) is 26.2 Å². The van der Waals surface area contributed by atoms with Gasteiger partial charge >= 0.3 is 0 Å². The highest BCUT2D eigenvalue weighted by Gasteiger charge is 2.15. The molecule has 22 heavy (non-hydrogen) atoms. The third-order valence-corrected chi connectivity index (χ3v) is 5.33. The zero-order chi connectivity index (χ0) is 14.7. The molecule has 2 aromatic rings. The van der Waals surface area contributed by atoms with Crippen LogP contribution >= 0.6 is 24.2 Å². The molecule has 2 nitrogen and oxygen atoms in total. The van der Waals surface area contributed by atoms with Crippen molar-refractivity contribution in [1.82, 2.24) is 5.32 Å². The molecule has 0 saturated carbocycles. The van der Waals surface area contributed by atoms with E-state index in [1.165, 1.54) is 26.6 Å². The Bertz CT molecular complexity index is 624. The molecule has 118 valence electrons. The van der Waals surface area contributed by atoms with E-state index in [1.54, 1.807) is 0 Å². The van der Waals surface area contributed by atoms with E-state index < -0.39 is 0 Å². The van der Waals surface area contributed by atoms with E-state index in [-0.39, 0.29) is 12.4 Å². The smallest absolute Gasteiger partial charge is 0.0508 e. The maximum Gasteiger partial charge on any atom is 0.0508 e. The number of anilines is 1. The van der Waals surface area contributed by atoms with Gasteiger partial charge in [-0.1, -0.05) is 36.0 Å². The first kappa shape index (κ1) is 17.2. The molecule has 0 spiro atoms. The number of halogens is 1. The number of para-hydroxylation sites is 1. The van der Waals surface area contributed by atoms with E-state index in [0.717, 1.165) is 26.2 Å². The van der Waals surface area contributed by atoms with Crippen LogP contribution in [0.2, 0.25) is 0 Å². The average Bonchev–Trinajstić information content (AvgIpc) is 2.53. The molecule has 0 bridgehead atoms. The lowest BCUT2D eigenvalue weighted by molar-refractivity contribution is 0.587. The van der Waals surface area contributed by atoms with Crippen molar-refractivity contribution in [2.24, 2.45) is 0 Å². The van der Waals surface area contributed by atoms with Crippen molar-refractivity contribution in [2.75, 3.05) is 31.1 Å². The van der Waals surface area contributed by atoms with E-state index in [1.807, 2.05) is 11.8 Å². The summed E-state index contributed by atoms with van der Waals surface area (Å²) in [7, 11) is 0. The molecule has 1 heterocycles. The number of hydrogen-bond donors (Lipinski definition) is 1. The molecule has 1 aliphatic heterocycles. The number of nitrogens with zero attached hydrogens (tertiary/aromatic N) is 1. The molecule has 0 amide bonds. The standard InChI is InChI=1S/C18H22N2S.ClH/c1-14-6-5-9-17(15(14)2)21-18-8-4-3-7-16(18)20-12-10-19-11-13-20;/h3-9,19H,10-13H2,1-2H3;1H. The van der Waals surface area contributed by atoms with Crippen molar-refractivity contribution in [2.45, 2.75) is 23.6 Å². The first-order valence-corrected chi connectivity index (χ1v) is 8.36. The van der Waals surface area contributed by atoms with E-state index in [9.17, 15) is 0 Å². The molecule has 0 aromatic heterocycles. The Balaban J connectivity index is 0.00000176. The fraction of sp³-hybridized carbons (Fsp3) is 0.333. The Morgan fingerprint density at radius 3 is 2.36 bits per heavy atom. The van der Waals surface area contributed by atoms with Crippen molar-refractivity contribution < 1.29 is 0 Å². The van der Waals surface area contributed by atoms with Crippen LogP contribution in [0, 0.1) is 13.8 Å². The Kier molecular flexibility index (Phi) is 6.18. The van der Waals surface area contributed by atoms with Gasteiger partial charge in [-0.3, -0.25) is 0 Å². The van der Waals surface area contributed by atoms with Crippen LogP contribution in [0.5, 0.6) is 0 Å². The summed E-state index contributed by atoms with van der Waals surface area (Å²) in [6, 6.07) is 15.3. The second-order valence-electron chi connectivity index (χ2n) is 5.50. The minimum atomic E-state index is 0. The molecule has 1 aliphatic rings. The molecule has 0 atom stereocenters. The Hall–Kier alpha value is -1.16. The van der Waals surface area contributed by atoms with E-state index in [2.05, 4.69) is 66.5 Å². The molecular weight excluding hydrogens is 312 g/mol. The van der Waals surface area contributed by atoms with Crippen molar-refractivity contribution in [3.8, 4) is 0 Å². The van der Waals surface area contributed by atoms with E-state index >= 15 is 0 Å².